The number of carbonyl (C=O) groups is 2. The minimum absolute atomic E-state index is 0.0710. The van der Waals surface area contributed by atoms with Gasteiger partial charge in [-0.2, -0.15) is 0 Å². The maximum absolute atomic E-state index is 11.9. The second-order valence-electron chi connectivity index (χ2n) is 6.77. The van der Waals surface area contributed by atoms with Crippen molar-refractivity contribution in [1.29, 1.82) is 0 Å². The van der Waals surface area contributed by atoms with Crippen LogP contribution in [0.25, 0.3) is 0 Å². The van der Waals surface area contributed by atoms with Gasteiger partial charge in [0.25, 0.3) is 0 Å². The summed E-state index contributed by atoms with van der Waals surface area (Å²) in [5, 5.41) is 15.9. The Morgan fingerprint density at radius 3 is 2.53 bits per heavy atom. The number of rotatable bonds is 3. The van der Waals surface area contributed by atoms with E-state index in [4.69, 9.17) is 0 Å². The average molecular weight is 268 g/mol. The highest BCUT2D eigenvalue weighted by molar-refractivity contribution is 5.90. The van der Waals surface area contributed by atoms with Gasteiger partial charge in [0.15, 0.2) is 0 Å². The van der Waals surface area contributed by atoms with Crippen molar-refractivity contribution in [3.05, 3.63) is 0 Å². The van der Waals surface area contributed by atoms with Crippen molar-refractivity contribution < 1.29 is 14.7 Å². The molecule has 0 unspecified atom stereocenters. The van der Waals surface area contributed by atoms with Gasteiger partial charge >= 0.3 is 0 Å². The Morgan fingerprint density at radius 2 is 2.00 bits per heavy atom. The van der Waals surface area contributed by atoms with E-state index in [1.165, 1.54) is 0 Å². The van der Waals surface area contributed by atoms with Crippen molar-refractivity contribution in [3.63, 3.8) is 0 Å². The molecule has 0 aromatic carbocycles. The van der Waals surface area contributed by atoms with Crippen LogP contribution >= 0.6 is 0 Å². The average Bonchev–Trinajstić information content (AvgIpc) is 2.78. The number of nitrogens with one attached hydrogen (secondary N) is 2. The van der Waals surface area contributed by atoms with E-state index in [1.54, 1.807) is 0 Å². The molecule has 3 N–H and O–H groups in total. The molecule has 1 aliphatic heterocycles. The predicted octanol–water partition coefficient (Wildman–Crippen LogP) is 0.712. The molecule has 0 spiro atoms. The third kappa shape index (κ3) is 3.69. The van der Waals surface area contributed by atoms with Gasteiger partial charge in [0.05, 0.1) is 5.60 Å². The molecule has 1 saturated heterocycles. The SMILES string of the molecule is CC1(C)CCC(O)(CNC(=O)[C@H]2CCC(=O)N2)CC1. The molecule has 1 aliphatic carbocycles. The molecule has 1 heterocycles. The zero-order valence-electron chi connectivity index (χ0n) is 11.8. The first-order valence-corrected chi connectivity index (χ1v) is 7.09. The molecule has 2 amide bonds. The van der Waals surface area contributed by atoms with Crippen LogP contribution in [-0.2, 0) is 9.59 Å². The van der Waals surface area contributed by atoms with Crippen LogP contribution in [-0.4, -0.2) is 35.1 Å². The minimum atomic E-state index is -0.784. The van der Waals surface area contributed by atoms with Crippen LogP contribution in [0.1, 0.15) is 52.4 Å². The second-order valence-corrected chi connectivity index (χ2v) is 6.77. The van der Waals surface area contributed by atoms with E-state index in [0.717, 1.165) is 25.7 Å². The molecule has 2 aliphatic rings. The first-order chi connectivity index (χ1) is 8.80. The molecule has 0 aromatic heterocycles. The molecule has 1 atom stereocenters. The Bertz CT molecular complexity index is 369. The normalized spacial score (nSPS) is 28.8. The Kier molecular flexibility index (Phi) is 3.85. The van der Waals surface area contributed by atoms with Crippen molar-refractivity contribution in [2.45, 2.75) is 64.0 Å². The minimum Gasteiger partial charge on any atom is -0.388 e. The first kappa shape index (κ1) is 14.3. The van der Waals surface area contributed by atoms with Gasteiger partial charge in [0.1, 0.15) is 6.04 Å². The number of amides is 2. The van der Waals surface area contributed by atoms with Gasteiger partial charge in [-0.15, -0.1) is 0 Å². The fourth-order valence-corrected chi connectivity index (χ4v) is 2.75. The molecular formula is C14H24N2O3. The number of hydrogen-bond acceptors (Lipinski definition) is 3. The monoisotopic (exact) mass is 268 g/mol. The van der Waals surface area contributed by atoms with Crippen molar-refractivity contribution in [2.24, 2.45) is 5.41 Å². The predicted molar refractivity (Wildman–Crippen MR) is 71.4 cm³/mol. The zero-order chi connectivity index (χ0) is 14.1. The highest BCUT2D eigenvalue weighted by atomic mass is 16.3. The molecule has 19 heavy (non-hydrogen) atoms. The fourth-order valence-electron chi connectivity index (χ4n) is 2.75. The van der Waals surface area contributed by atoms with Crippen LogP contribution in [0.2, 0.25) is 0 Å². The fraction of sp³-hybridized carbons (Fsp3) is 0.857. The summed E-state index contributed by atoms with van der Waals surface area (Å²) in [7, 11) is 0. The number of aliphatic hydroxyl groups is 1. The van der Waals surface area contributed by atoms with Gasteiger partial charge in [-0.1, -0.05) is 13.8 Å². The topological polar surface area (TPSA) is 78.4 Å². The Morgan fingerprint density at radius 1 is 1.37 bits per heavy atom. The van der Waals surface area contributed by atoms with Gasteiger partial charge in [0, 0.05) is 13.0 Å². The van der Waals surface area contributed by atoms with Crippen LogP contribution in [0.5, 0.6) is 0 Å². The summed E-state index contributed by atoms with van der Waals surface area (Å²) in [5.74, 6) is -0.248. The van der Waals surface area contributed by atoms with Crippen molar-refractivity contribution in [3.8, 4) is 0 Å². The highest BCUT2D eigenvalue weighted by Crippen LogP contribution is 2.39. The Labute approximate surface area is 114 Å². The summed E-state index contributed by atoms with van der Waals surface area (Å²) in [5.41, 5.74) is -0.497. The maximum atomic E-state index is 11.9. The smallest absolute Gasteiger partial charge is 0.242 e. The summed E-state index contributed by atoms with van der Waals surface area (Å²) in [6.45, 7) is 4.70. The summed E-state index contributed by atoms with van der Waals surface area (Å²) < 4.78 is 0. The van der Waals surface area contributed by atoms with Gasteiger partial charge in [-0.3, -0.25) is 9.59 Å². The Hall–Kier alpha value is -1.10. The lowest BCUT2D eigenvalue weighted by molar-refractivity contribution is -0.127. The van der Waals surface area contributed by atoms with E-state index in [-0.39, 0.29) is 23.8 Å². The van der Waals surface area contributed by atoms with Gasteiger partial charge in [-0.05, 0) is 37.5 Å². The summed E-state index contributed by atoms with van der Waals surface area (Å²) in [6.07, 6.45) is 4.35. The maximum Gasteiger partial charge on any atom is 0.242 e. The molecule has 1 saturated carbocycles. The lowest BCUT2D eigenvalue weighted by atomic mass is 9.71. The number of carbonyl (C=O) groups excluding carboxylic acids is 2. The lowest BCUT2D eigenvalue weighted by Crippen LogP contribution is -2.50. The zero-order valence-corrected chi connectivity index (χ0v) is 11.8. The van der Waals surface area contributed by atoms with Crippen LogP contribution in [0.4, 0.5) is 0 Å². The third-order valence-electron chi connectivity index (χ3n) is 4.44. The second kappa shape index (κ2) is 5.12. The van der Waals surface area contributed by atoms with Gasteiger partial charge in [-0.25, -0.2) is 0 Å². The lowest BCUT2D eigenvalue weighted by Gasteiger charge is -2.40. The van der Waals surface area contributed by atoms with E-state index >= 15 is 0 Å². The van der Waals surface area contributed by atoms with Crippen LogP contribution in [0, 0.1) is 5.41 Å². The largest absolute Gasteiger partial charge is 0.388 e. The molecule has 0 bridgehead atoms. The molecule has 0 radical (unpaired) electrons. The van der Waals surface area contributed by atoms with E-state index in [9.17, 15) is 14.7 Å². The van der Waals surface area contributed by atoms with E-state index in [1.807, 2.05) is 0 Å². The molecule has 5 nitrogen and oxygen atoms in total. The molecule has 5 heteroatoms. The summed E-state index contributed by atoms with van der Waals surface area (Å²) in [6, 6.07) is -0.420. The number of hydrogen-bond donors (Lipinski definition) is 3. The standard InChI is InChI=1S/C14H24N2O3/c1-13(2)5-7-14(19,8-6-13)9-15-12(18)10-3-4-11(17)16-10/h10,19H,3-9H2,1-2H3,(H,15,18)(H,16,17)/t10-/m1/s1. The van der Waals surface area contributed by atoms with Crippen molar-refractivity contribution >= 4 is 11.8 Å². The first-order valence-electron chi connectivity index (χ1n) is 7.09. The van der Waals surface area contributed by atoms with Crippen molar-refractivity contribution in [2.75, 3.05) is 6.54 Å². The van der Waals surface area contributed by atoms with E-state index < -0.39 is 11.6 Å². The summed E-state index contributed by atoms with van der Waals surface area (Å²) >= 11 is 0. The van der Waals surface area contributed by atoms with Crippen LogP contribution < -0.4 is 10.6 Å². The quantitative estimate of drug-likeness (QED) is 0.705. The third-order valence-corrected chi connectivity index (χ3v) is 4.44. The van der Waals surface area contributed by atoms with Gasteiger partial charge < -0.3 is 15.7 Å². The molecule has 108 valence electrons. The molecule has 0 aromatic rings. The van der Waals surface area contributed by atoms with E-state index in [0.29, 0.717) is 12.8 Å². The van der Waals surface area contributed by atoms with Crippen molar-refractivity contribution in [1.82, 2.24) is 10.6 Å². The highest BCUT2D eigenvalue weighted by Gasteiger charge is 2.37. The Balaban J connectivity index is 1.79. The van der Waals surface area contributed by atoms with Gasteiger partial charge in [0.2, 0.25) is 11.8 Å². The molecule has 2 fully saturated rings. The molecule has 2 rings (SSSR count). The van der Waals surface area contributed by atoms with E-state index in [2.05, 4.69) is 24.5 Å². The van der Waals surface area contributed by atoms with Crippen LogP contribution in [0.15, 0.2) is 0 Å². The van der Waals surface area contributed by atoms with Crippen LogP contribution in [0.3, 0.4) is 0 Å². The molecular weight excluding hydrogens is 244 g/mol. The summed E-state index contributed by atoms with van der Waals surface area (Å²) in [4.78, 5) is 22.9.